The molecule has 0 aromatic heterocycles. The van der Waals surface area contributed by atoms with Gasteiger partial charge in [-0.2, -0.15) is 0 Å². The van der Waals surface area contributed by atoms with Crippen molar-refractivity contribution in [3.63, 3.8) is 0 Å². The molecule has 0 fully saturated rings. The van der Waals surface area contributed by atoms with Crippen LogP contribution in [-0.2, 0) is 11.2 Å². The summed E-state index contributed by atoms with van der Waals surface area (Å²) in [6.07, 6.45) is 0.793. The number of aldehydes is 1. The number of hydrogen-bond donors (Lipinski definition) is 0. The fraction of sp³-hybridized carbons (Fsp3) is 0.222. The summed E-state index contributed by atoms with van der Waals surface area (Å²) in [4.78, 5) is 10.00. The molecule has 0 N–H and O–H groups in total. The Hall–Kier alpha value is -0.960. The van der Waals surface area contributed by atoms with Gasteiger partial charge in [-0.1, -0.05) is 11.6 Å². The molecule has 1 rings (SSSR count). The lowest BCUT2D eigenvalue weighted by Gasteiger charge is -2.02. The van der Waals surface area contributed by atoms with E-state index >= 15 is 0 Å². The van der Waals surface area contributed by atoms with E-state index in [2.05, 4.69) is 0 Å². The van der Waals surface area contributed by atoms with Crippen molar-refractivity contribution in [1.29, 1.82) is 0 Å². The SMILES string of the molecule is O=CCCc1c(F)cc(Cl)cc1F. The Morgan fingerprint density at radius 3 is 2.31 bits per heavy atom. The summed E-state index contributed by atoms with van der Waals surface area (Å²) in [5.74, 6) is -1.40. The van der Waals surface area contributed by atoms with Crippen LogP contribution in [0.5, 0.6) is 0 Å². The maximum atomic E-state index is 13.0. The summed E-state index contributed by atoms with van der Waals surface area (Å²) in [6.45, 7) is 0. The van der Waals surface area contributed by atoms with Crippen LogP contribution in [0.25, 0.3) is 0 Å². The predicted molar refractivity (Wildman–Crippen MR) is 45.8 cm³/mol. The van der Waals surface area contributed by atoms with E-state index in [0.717, 1.165) is 12.1 Å². The second kappa shape index (κ2) is 4.33. The molecule has 1 aromatic rings. The molecule has 13 heavy (non-hydrogen) atoms. The lowest BCUT2D eigenvalue weighted by molar-refractivity contribution is -0.107. The molecular formula is C9H7ClF2O. The molecule has 0 aliphatic rings. The van der Waals surface area contributed by atoms with E-state index in [4.69, 9.17) is 11.6 Å². The van der Waals surface area contributed by atoms with Crippen molar-refractivity contribution >= 4 is 17.9 Å². The quantitative estimate of drug-likeness (QED) is 0.692. The van der Waals surface area contributed by atoms with Crippen LogP contribution in [0.2, 0.25) is 5.02 Å². The van der Waals surface area contributed by atoms with Gasteiger partial charge in [0.05, 0.1) is 0 Å². The first-order valence-electron chi connectivity index (χ1n) is 3.72. The fourth-order valence-corrected chi connectivity index (χ4v) is 1.21. The summed E-state index contributed by atoms with van der Waals surface area (Å²) in [5, 5.41) is 0.0184. The Balaban J connectivity index is 2.98. The van der Waals surface area contributed by atoms with Crippen LogP contribution in [0, 0.1) is 11.6 Å². The van der Waals surface area contributed by atoms with Gasteiger partial charge in [0.15, 0.2) is 0 Å². The molecule has 4 heteroatoms. The third kappa shape index (κ3) is 2.49. The lowest BCUT2D eigenvalue weighted by Crippen LogP contribution is -1.96. The second-order valence-corrected chi connectivity index (χ2v) is 2.99. The molecule has 0 aliphatic heterocycles. The Morgan fingerprint density at radius 2 is 1.85 bits per heavy atom. The number of halogens is 3. The topological polar surface area (TPSA) is 17.1 Å². The zero-order valence-electron chi connectivity index (χ0n) is 6.69. The highest BCUT2D eigenvalue weighted by Crippen LogP contribution is 2.19. The minimum atomic E-state index is -0.702. The van der Waals surface area contributed by atoms with Crippen LogP contribution >= 0.6 is 11.6 Å². The smallest absolute Gasteiger partial charge is 0.130 e. The zero-order valence-corrected chi connectivity index (χ0v) is 7.44. The molecule has 0 aliphatic carbocycles. The van der Waals surface area contributed by atoms with Crippen LogP contribution in [-0.4, -0.2) is 6.29 Å². The molecule has 0 bridgehead atoms. The molecule has 0 unspecified atom stereocenters. The average Bonchev–Trinajstić information content (AvgIpc) is 2.02. The van der Waals surface area contributed by atoms with Gasteiger partial charge >= 0.3 is 0 Å². The third-order valence-electron chi connectivity index (χ3n) is 1.62. The highest BCUT2D eigenvalue weighted by molar-refractivity contribution is 6.30. The van der Waals surface area contributed by atoms with Gasteiger partial charge in [0.25, 0.3) is 0 Å². The van der Waals surface area contributed by atoms with Crippen molar-refractivity contribution in [2.45, 2.75) is 12.8 Å². The van der Waals surface area contributed by atoms with E-state index < -0.39 is 11.6 Å². The average molecular weight is 205 g/mol. The summed E-state index contributed by atoms with van der Waals surface area (Å²) in [5.41, 5.74) is -0.0866. The Morgan fingerprint density at radius 1 is 1.31 bits per heavy atom. The lowest BCUT2D eigenvalue weighted by atomic mass is 10.1. The Labute approximate surface area is 79.3 Å². The normalized spacial score (nSPS) is 10.1. The fourth-order valence-electron chi connectivity index (χ4n) is 1.01. The first-order valence-corrected chi connectivity index (χ1v) is 4.10. The number of carbonyl (C=O) groups is 1. The van der Waals surface area contributed by atoms with Crippen molar-refractivity contribution in [1.82, 2.24) is 0 Å². The third-order valence-corrected chi connectivity index (χ3v) is 1.84. The summed E-state index contributed by atoms with van der Waals surface area (Å²) >= 11 is 5.41. The van der Waals surface area contributed by atoms with Gasteiger partial charge in [0.1, 0.15) is 17.9 Å². The summed E-state index contributed by atoms with van der Waals surface area (Å²) in [6, 6.07) is 2.07. The van der Waals surface area contributed by atoms with Crippen molar-refractivity contribution in [3.05, 3.63) is 34.4 Å². The number of carbonyl (C=O) groups excluding carboxylic acids is 1. The molecule has 0 saturated carbocycles. The first kappa shape index (κ1) is 10.1. The van der Waals surface area contributed by atoms with Crippen molar-refractivity contribution in [2.75, 3.05) is 0 Å². The van der Waals surface area contributed by atoms with Gasteiger partial charge in [-0.25, -0.2) is 8.78 Å². The molecule has 0 spiro atoms. The van der Waals surface area contributed by atoms with Crippen LogP contribution < -0.4 is 0 Å². The second-order valence-electron chi connectivity index (χ2n) is 2.55. The highest BCUT2D eigenvalue weighted by Gasteiger charge is 2.09. The van der Waals surface area contributed by atoms with Crippen LogP contribution in [0.4, 0.5) is 8.78 Å². The summed E-state index contributed by atoms with van der Waals surface area (Å²) in [7, 11) is 0. The maximum absolute atomic E-state index is 13.0. The van der Waals surface area contributed by atoms with Crippen LogP contribution in [0.1, 0.15) is 12.0 Å². The minimum Gasteiger partial charge on any atom is -0.303 e. The van der Waals surface area contributed by atoms with Gasteiger partial charge in [0.2, 0.25) is 0 Å². The van der Waals surface area contributed by atoms with E-state index in [-0.39, 0.29) is 23.4 Å². The zero-order chi connectivity index (χ0) is 9.84. The largest absolute Gasteiger partial charge is 0.303 e. The minimum absolute atomic E-state index is 0.0184. The Kier molecular flexibility index (Phi) is 3.37. The molecule has 0 atom stereocenters. The van der Waals surface area contributed by atoms with Gasteiger partial charge in [-0.3, -0.25) is 0 Å². The van der Waals surface area contributed by atoms with E-state index in [1.807, 2.05) is 0 Å². The number of hydrogen-bond acceptors (Lipinski definition) is 1. The van der Waals surface area contributed by atoms with Gasteiger partial charge in [0, 0.05) is 17.0 Å². The molecule has 1 aromatic carbocycles. The van der Waals surface area contributed by atoms with Gasteiger partial charge < -0.3 is 4.79 Å². The van der Waals surface area contributed by atoms with Crippen LogP contribution in [0.15, 0.2) is 12.1 Å². The maximum Gasteiger partial charge on any atom is 0.130 e. The molecule has 0 heterocycles. The summed E-state index contributed by atoms with van der Waals surface area (Å²) < 4.78 is 26.0. The monoisotopic (exact) mass is 204 g/mol. The molecule has 0 amide bonds. The molecule has 1 nitrogen and oxygen atoms in total. The van der Waals surface area contributed by atoms with E-state index in [1.54, 1.807) is 0 Å². The predicted octanol–water partition coefficient (Wildman–Crippen LogP) is 2.75. The van der Waals surface area contributed by atoms with Crippen molar-refractivity contribution in [2.24, 2.45) is 0 Å². The molecule has 70 valence electrons. The standard InChI is InChI=1S/C9H7ClF2O/c10-6-4-8(11)7(2-1-3-13)9(12)5-6/h3-5H,1-2H2. The molecular weight excluding hydrogens is 198 g/mol. The first-order chi connectivity index (χ1) is 6.15. The van der Waals surface area contributed by atoms with Gasteiger partial charge in [-0.15, -0.1) is 0 Å². The molecule has 0 saturated heterocycles. The number of benzene rings is 1. The van der Waals surface area contributed by atoms with E-state index in [1.165, 1.54) is 0 Å². The van der Waals surface area contributed by atoms with Crippen LogP contribution in [0.3, 0.4) is 0 Å². The highest BCUT2D eigenvalue weighted by atomic mass is 35.5. The molecule has 0 radical (unpaired) electrons. The van der Waals surface area contributed by atoms with Crippen molar-refractivity contribution < 1.29 is 13.6 Å². The van der Waals surface area contributed by atoms with Gasteiger partial charge in [-0.05, 0) is 18.6 Å². The van der Waals surface area contributed by atoms with Crippen molar-refractivity contribution in [3.8, 4) is 0 Å². The van der Waals surface area contributed by atoms with E-state index in [0.29, 0.717) is 6.29 Å². The van der Waals surface area contributed by atoms with E-state index in [9.17, 15) is 13.6 Å². The number of rotatable bonds is 3. The Bertz CT molecular complexity index is 302.